The van der Waals surface area contributed by atoms with E-state index in [1.165, 1.54) is 28.2 Å². The Morgan fingerprint density at radius 2 is 2.13 bits per heavy atom. The second-order valence-electron chi connectivity index (χ2n) is 6.21. The number of carbonyl (C=O) groups is 1. The zero-order valence-electron chi connectivity index (χ0n) is 13.4. The summed E-state index contributed by atoms with van der Waals surface area (Å²) in [5, 5.41) is 5.64. The Bertz CT molecular complexity index is 798. The summed E-state index contributed by atoms with van der Waals surface area (Å²) in [6.07, 6.45) is 1.54. The molecule has 0 saturated heterocycles. The Morgan fingerprint density at radius 1 is 1.39 bits per heavy atom. The molecule has 0 aliphatic carbocycles. The Hall–Kier alpha value is -2.22. The van der Waals surface area contributed by atoms with Crippen LogP contribution in [0.4, 0.5) is 0 Å². The standard InChI is InChI=1S/C15H20N4O3S/c1-15(2,3)10-9-23-13(17-10)8-16-11(20)4-6-19-7-5-12(21)18-14(19)22/h5,7,9H,4,6,8H2,1-3H3,(H,16,20)(H,18,21,22). The Labute approximate surface area is 137 Å². The lowest BCUT2D eigenvalue weighted by atomic mass is 9.93. The minimum absolute atomic E-state index is 0.00977. The fourth-order valence-corrected chi connectivity index (χ4v) is 2.80. The van der Waals surface area contributed by atoms with E-state index in [1.807, 2.05) is 5.38 Å². The first kappa shape index (κ1) is 17.1. The molecule has 0 aromatic carbocycles. The van der Waals surface area contributed by atoms with Gasteiger partial charge in [-0.15, -0.1) is 11.3 Å². The van der Waals surface area contributed by atoms with Crippen LogP contribution in [0.3, 0.4) is 0 Å². The second-order valence-corrected chi connectivity index (χ2v) is 7.15. The molecule has 7 nitrogen and oxygen atoms in total. The highest BCUT2D eigenvalue weighted by molar-refractivity contribution is 7.09. The molecular formula is C15H20N4O3S. The maximum absolute atomic E-state index is 11.9. The van der Waals surface area contributed by atoms with Crippen molar-refractivity contribution in [3.63, 3.8) is 0 Å². The molecule has 0 saturated carbocycles. The Balaban J connectivity index is 1.84. The minimum Gasteiger partial charge on any atom is -0.350 e. The first-order chi connectivity index (χ1) is 10.8. The summed E-state index contributed by atoms with van der Waals surface area (Å²) < 4.78 is 1.29. The first-order valence-electron chi connectivity index (χ1n) is 7.27. The lowest BCUT2D eigenvalue weighted by molar-refractivity contribution is -0.121. The molecule has 0 atom stereocenters. The molecule has 2 heterocycles. The molecule has 2 N–H and O–H groups in total. The van der Waals surface area contributed by atoms with Gasteiger partial charge >= 0.3 is 5.69 Å². The number of aryl methyl sites for hydroxylation is 1. The molecule has 2 aromatic heterocycles. The average Bonchev–Trinajstić information content (AvgIpc) is 2.93. The van der Waals surface area contributed by atoms with Crippen LogP contribution in [0.25, 0.3) is 0 Å². The van der Waals surface area contributed by atoms with E-state index in [0.29, 0.717) is 6.54 Å². The van der Waals surface area contributed by atoms with Crippen molar-refractivity contribution in [1.29, 1.82) is 0 Å². The van der Waals surface area contributed by atoms with Gasteiger partial charge in [0.05, 0.1) is 12.2 Å². The molecule has 2 rings (SSSR count). The van der Waals surface area contributed by atoms with Gasteiger partial charge in [-0.05, 0) is 0 Å². The van der Waals surface area contributed by atoms with Crippen molar-refractivity contribution >= 4 is 17.2 Å². The smallest absolute Gasteiger partial charge is 0.328 e. The maximum Gasteiger partial charge on any atom is 0.328 e. The van der Waals surface area contributed by atoms with Gasteiger partial charge in [0.1, 0.15) is 5.01 Å². The zero-order chi connectivity index (χ0) is 17.0. The molecule has 0 fully saturated rings. The third kappa shape index (κ3) is 4.88. The van der Waals surface area contributed by atoms with Gasteiger partial charge in [-0.1, -0.05) is 20.8 Å². The average molecular weight is 336 g/mol. The summed E-state index contributed by atoms with van der Waals surface area (Å²) in [5.41, 5.74) is 0.0326. The number of rotatable bonds is 5. The number of nitrogens with zero attached hydrogens (tertiary/aromatic N) is 2. The number of aromatic amines is 1. The van der Waals surface area contributed by atoms with Gasteiger partial charge in [0.2, 0.25) is 5.91 Å². The lowest BCUT2D eigenvalue weighted by Gasteiger charge is -2.14. The van der Waals surface area contributed by atoms with Crippen molar-refractivity contribution in [2.75, 3.05) is 0 Å². The number of H-pyrrole nitrogens is 1. The number of thiazole rings is 1. The van der Waals surface area contributed by atoms with E-state index in [4.69, 9.17) is 0 Å². The number of hydrogen-bond donors (Lipinski definition) is 2. The van der Waals surface area contributed by atoms with E-state index in [0.717, 1.165) is 10.7 Å². The predicted octanol–water partition coefficient (Wildman–Crippen LogP) is 0.997. The largest absolute Gasteiger partial charge is 0.350 e. The summed E-state index contributed by atoms with van der Waals surface area (Å²) in [5.74, 6) is -0.171. The van der Waals surface area contributed by atoms with Crippen LogP contribution in [0.2, 0.25) is 0 Å². The maximum atomic E-state index is 11.9. The van der Waals surface area contributed by atoms with E-state index < -0.39 is 11.2 Å². The van der Waals surface area contributed by atoms with Crippen LogP contribution in [0.15, 0.2) is 27.2 Å². The van der Waals surface area contributed by atoms with Crippen LogP contribution < -0.4 is 16.6 Å². The Morgan fingerprint density at radius 3 is 2.74 bits per heavy atom. The summed E-state index contributed by atoms with van der Waals surface area (Å²) in [6.45, 7) is 6.86. The molecule has 0 aliphatic heterocycles. The first-order valence-corrected chi connectivity index (χ1v) is 8.15. The molecule has 124 valence electrons. The van der Waals surface area contributed by atoms with Crippen LogP contribution in [0.1, 0.15) is 37.9 Å². The number of hydrogen-bond acceptors (Lipinski definition) is 5. The molecule has 0 spiro atoms. The highest BCUT2D eigenvalue weighted by Gasteiger charge is 2.17. The monoisotopic (exact) mass is 336 g/mol. The van der Waals surface area contributed by atoms with E-state index in [9.17, 15) is 14.4 Å². The summed E-state index contributed by atoms with van der Waals surface area (Å²) in [4.78, 5) is 41.0. The highest BCUT2D eigenvalue weighted by atomic mass is 32.1. The number of carbonyl (C=O) groups excluding carboxylic acids is 1. The zero-order valence-corrected chi connectivity index (χ0v) is 14.2. The normalized spacial score (nSPS) is 11.4. The fourth-order valence-electron chi connectivity index (χ4n) is 1.84. The third-order valence-electron chi connectivity index (χ3n) is 3.23. The summed E-state index contributed by atoms with van der Waals surface area (Å²) >= 11 is 1.52. The van der Waals surface area contributed by atoms with Crippen molar-refractivity contribution in [3.8, 4) is 0 Å². The molecule has 8 heteroatoms. The SMILES string of the molecule is CC(C)(C)c1csc(CNC(=O)CCn2ccc(=O)[nH]c2=O)n1. The van der Waals surface area contributed by atoms with Gasteiger partial charge in [-0.2, -0.15) is 0 Å². The second kappa shape index (κ2) is 6.91. The third-order valence-corrected chi connectivity index (χ3v) is 4.08. The highest BCUT2D eigenvalue weighted by Crippen LogP contribution is 2.23. The van der Waals surface area contributed by atoms with Crippen molar-refractivity contribution in [1.82, 2.24) is 19.9 Å². The molecule has 23 heavy (non-hydrogen) atoms. The molecular weight excluding hydrogens is 316 g/mol. The van der Waals surface area contributed by atoms with Crippen LogP contribution >= 0.6 is 11.3 Å². The van der Waals surface area contributed by atoms with Gasteiger partial charge in [-0.3, -0.25) is 14.6 Å². The number of amides is 1. The molecule has 0 radical (unpaired) electrons. The van der Waals surface area contributed by atoms with Crippen LogP contribution in [-0.4, -0.2) is 20.4 Å². The fraction of sp³-hybridized carbons (Fsp3) is 0.467. The number of nitrogens with one attached hydrogen (secondary N) is 2. The van der Waals surface area contributed by atoms with E-state index in [1.54, 1.807) is 0 Å². The van der Waals surface area contributed by atoms with Crippen LogP contribution in [-0.2, 0) is 23.3 Å². The molecule has 2 aromatic rings. The molecule has 0 aliphatic rings. The number of aromatic nitrogens is 3. The minimum atomic E-state index is -0.514. The molecule has 0 bridgehead atoms. The van der Waals surface area contributed by atoms with Crippen molar-refractivity contribution in [2.45, 2.75) is 45.7 Å². The van der Waals surface area contributed by atoms with E-state index in [2.05, 4.69) is 36.1 Å². The summed E-state index contributed by atoms with van der Waals surface area (Å²) in [7, 11) is 0. The summed E-state index contributed by atoms with van der Waals surface area (Å²) in [6, 6.07) is 1.25. The molecule has 1 amide bonds. The van der Waals surface area contributed by atoms with Gasteiger partial charge in [0, 0.05) is 36.0 Å². The lowest BCUT2D eigenvalue weighted by Crippen LogP contribution is -2.31. The molecule has 0 unspecified atom stereocenters. The van der Waals surface area contributed by atoms with Crippen molar-refractivity contribution in [2.24, 2.45) is 0 Å². The van der Waals surface area contributed by atoms with E-state index in [-0.39, 0.29) is 24.3 Å². The van der Waals surface area contributed by atoms with Gasteiger partial charge in [0.25, 0.3) is 5.56 Å². The topological polar surface area (TPSA) is 96.9 Å². The van der Waals surface area contributed by atoms with Crippen LogP contribution in [0.5, 0.6) is 0 Å². The quantitative estimate of drug-likeness (QED) is 0.851. The van der Waals surface area contributed by atoms with Crippen molar-refractivity contribution in [3.05, 3.63) is 49.2 Å². The van der Waals surface area contributed by atoms with Crippen molar-refractivity contribution < 1.29 is 4.79 Å². The predicted molar refractivity (Wildman–Crippen MR) is 88.6 cm³/mol. The van der Waals surface area contributed by atoms with Gasteiger partial charge in [0.15, 0.2) is 0 Å². The Kier molecular flexibility index (Phi) is 5.15. The van der Waals surface area contributed by atoms with E-state index >= 15 is 0 Å². The van der Waals surface area contributed by atoms with Gasteiger partial charge < -0.3 is 9.88 Å². The van der Waals surface area contributed by atoms with Crippen LogP contribution in [0, 0.1) is 0 Å². The van der Waals surface area contributed by atoms with Gasteiger partial charge in [-0.25, -0.2) is 9.78 Å².